The van der Waals surface area contributed by atoms with Crippen LogP contribution >= 0.6 is 11.8 Å². The number of hydrogen-bond acceptors (Lipinski definition) is 3. The van der Waals surface area contributed by atoms with E-state index < -0.39 is 0 Å². The maximum Gasteiger partial charge on any atom is 0.233 e. The highest BCUT2D eigenvalue weighted by molar-refractivity contribution is 8.00. The Morgan fingerprint density at radius 1 is 1.39 bits per heavy atom. The van der Waals surface area contributed by atoms with E-state index >= 15 is 0 Å². The molecule has 3 nitrogen and oxygen atoms in total. The van der Waals surface area contributed by atoms with E-state index in [1.165, 1.54) is 11.1 Å². The summed E-state index contributed by atoms with van der Waals surface area (Å²) >= 11 is 1.72. The van der Waals surface area contributed by atoms with Gasteiger partial charge in [0.1, 0.15) is 5.37 Å². The Morgan fingerprint density at radius 2 is 2.11 bits per heavy atom. The van der Waals surface area contributed by atoms with Crippen LogP contribution in [0.4, 0.5) is 0 Å². The number of nitrogens with one attached hydrogen (secondary N) is 1. The van der Waals surface area contributed by atoms with Crippen LogP contribution in [0.25, 0.3) is 0 Å². The third-order valence-electron chi connectivity index (χ3n) is 3.11. The molecule has 1 fully saturated rings. The van der Waals surface area contributed by atoms with Crippen LogP contribution in [0, 0.1) is 6.92 Å². The molecule has 0 aliphatic carbocycles. The summed E-state index contributed by atoms with van der Waals surface area (Å²) in [4.78, 5) is 13.9. The van der Waals surface area contributed by atoms with Crippen molar-refractivity contribution in [3.05, 3.63) is 35.4 Å². The number of nitrogens with zero attached hydrogens (tertiary/aromatic N) is 1. The second-order valence-corrected chi connectivity index (χ2v) is 5.58. The SMILES string of the molecule is CCNCCN1C(=O)CS[C@H]1c1ccc(C)cc1. The van der Waals surface area contributed by atoms with Gasteiger partial charge in [0.15, 0.2) is 0 Å². The summed E-state index contributed by atoms with van der Waals surface area (Å²) in [7, 11) is 0. The number of likely N-dealkylation sites (N-methyl/N-ethyl adjacent to an activating group) is 1. The molecule has 18 heavy (non-hydrogen) atoms. The standard InChI is InChI=1S/C14H20N2OS/c1-3-15-8-9-16-13(17)10-18-14(16)12-6-4-11(2)5-7-12/h4-7,14-15H,3,8-10H2,1-2H3/t14-/m0/s1. The minimum Gasteiger partial charge on any atom is -0.325 e. The molecule has 1 aliphatic heterocycles. The Kier molecular flexibility index (Phi) is 4.66. The molecular weight excluding hydrogens is 244 g/mol. The van der Waals surface area contributed by atoms with E-state index in [1.54, 1.807) is 11.8 Å². The third kappa shape index (κ3) is 3.06. The monoisotopic (exact) mass is 264 g/mol. The number of carbonyl (C=O) groups is 1. The molecule has 0 spiro atoms. The molecule has 0 radical (unpaired) electrons. The Hall–Kier alpha value is -1.00. The molecule has 0 bridgehead atoms. The lowest BCUT2D eigenvalue weighted by atomic mass is 10.1. The van der Waals surface area contributed by atoms with Crippen LogP contribution < -0.4 is 5.32 Å². The quantitative estimate of drug-likeness (QED) is 0.827. The molecule has 1 aromatic carbocycles. The van der Waals surface area contributed by atoms with Gasteiger partial charge >= 0.3 is 0 Å². The zero-order chi connectivity index (χ0) is 13.0. The Balaban J connectivity index is 2.06. The number of benzene rings is 1. The van der Waals surface area contributed by atoms with Crippen LogP contribution in [0.1, 0.15) is 23.4 Å². The molecule has 2 rings (SSSR count). The van der Waals surface area contributed by atoms with E-state index in [-0.39, 0.29) is 11.3 Å². The van der Waals surface area contributed by atoms with E-state index in [0.29, 0.717) is 5.75 Å². The summed E-state index contributed by atoms with van der Waals surface area (Å²) in [5.41, 5.74) is 2.49. The zero-order valence-corrected chi connectivity index (χ0v) is 11.8. The number of hydrogen-bond donors (Lipinski definition) is 1. The van der Waals surface area contributed by atoms with Crippen LogP contribution in [0.2, 0.25) is 0 Å². The Morgan fingerprint density at radius 3 is 2.78 bits per heavy atom. The smallest absolute Gasteiger partial charge is 0.233 e. The van der Waals surface area contributed by atoms with Crippen LogP contribution in [-0.2, 0) is 4.79 Å². The van der Waals surface area contributed by atoms with Crippen molar-refractivity contribution in [2.45, 2.75) is 19.2 Å². The van der Waals surface area contributed by atoms with Crippen molar-refractivity contribution in [1.82, 2.24) is 10.2 Å². The van der Waals surface area contributed by atoms with E-state index in [1.807, 2.05) is 4.90 Å². The summed E-state index contributed by atoms with van der Waals surface area (Å²) < 4.78 is 0. The fraction of sp³-hybridized carbons (Fsp3) is 0.500. The van der Waals surface area contributed by atoms with Gasteiger partial charge in [0.25, 0.3) is 0 Å². The van der Waals surface area contributed by atoms with Crippen LogP contribution in [0.5, 0.6) is 0 Å². The second-order valence-electron chi connectivity index (χ2n) is 4.51. The average molecular weight is 264 g/mol. The normalized spacial score (nSPS) is 19.6. The predicted octanol–water partition coefficient (Wildman–Crippen LogP) is 2.18. The van der Waals surface area contributed by atoms with E-state index in [4.69, 9.17) is 0 Å². The van der Waals surface area contributed by atoms with Gasteiger partial charge in [-0.25, -0.2) is 0 Å². The van der Waals surface area contributed by atoms with E-state index in [2.05, 4.69) is 43.4 Å². The summed E-state index contributed by atoms with van der Waals surface area (Å²) in [5, 5.41) is 3.47. The van der Waals surface area contributed by atoms with Crippen molar-refractivity contribution < 1.29 is 4.79 Å². The van der Waals surface area contributed by atoms with Gasteiger partial charge in [-0.05, 0) is 19.0 Å². The van der Waals surface area contributed by atoms with Crippen molar-refractivity contribution in [1.29, 1.82) is 0 Å². The molecule has 4 heteroatoms. The average Bonchev–Trinajstić information content (AvgIpc) is 2.73. The first-order valence-electron chi connectivity index (χ1n) is 6.40. The highest BCUT2D eigenvalue weighted by Gasteiger charge is 2.31. The lowest BCUT2D eigenvalue weighted by Crippen LogP contribution is -2.35. The van der Waals surface area contributed by atoms with Crippen LogP contribution in [0.15, 0.2) is 24.3 Å². The lowest BCUT2D eigenvalue weighted by molar-refractivity contribution is -0.128. The van der Waals surface area contributed by atoms with Gasteiger partial charge in [0.2, 0.25) is 5.91 Å². The Labute approximate surface area is 113 Å². The number of rotatable bonds is 5. The maximum absolute atomic E-state index is 11.9. The highest BCUT2D eigenvalue weighted by atomic mass is 32.2. The second kappa shape index (κ2) is 6.25. The largest absolute Gasteiger partial charge is 0.325 e. The molecule has 1 N–H and O–H groups in total. The maximum atomic E-state index is 11.9. The molecule has 98 valence electrons. The molecule has 0 unspecified atom stereocenters. The molecule has 1 amide bonds. The Bertz CT molecular complexity index is 405. The fourth-order valence-corrected chi connectivity index (χ4v) is 3.30. The van der Waals surface area contributed by atoms with E-state index in [9.17, 15) is 4.79 Å². The van der Waals surface area contributed by atoms with Crippen molar-refractivity contribution in [3.8, 4) is 0 Å². The van der Waals surface area contributed by atoms with Gasteiger partial charge in [-0.1, -0.05) is 36.8 Å². The molecule has 0 saturated carbocycles. The fourth-order valence-electron chi connectivity index (χ4n) is 2.08. The molecule has 1 atom stereocenters. The van der Waals surface area contributed by atoms with Crippen molar-refractivity contribution in [2.75, 3.05) is 25.4 Å². The minimum absolute atomic E-state index is 0.191. The summed E-state index contributed by atoms with van der Waals surface area (Å²) in [6.07, 6.45) is 0. The third-order valence-corrected chi connectivity index (χ3v) is 4.37. The van der Waals surface area contributed by atoms with E-state index in [0.717, 1.165) is 19.6 Å². The summed E-state index contributed by atoms with van der Waals surface area (Å²) in [5.74, 6) is 0.855. The highest BCUT2D eigenvalue weighted by Crippen LogP contribution is 2.38. The number of carbonyl (C=O) groups excluding carboxylic acids is 1. The predicted molar refractivity (Wildman–Crippen MR) is 76.6 cm³/mol. The van der Waals surface area contributed by atoms with Gasteiger partial charge in [-0.2, -0.15) is 0 Å². The van der Waals surface area contributed by atoms with Crippen molar-refractivity contribution in [2.24, 2.45) is 0 Å². The van der Waals surface area contributed by atoms with Crippen molar-refractivity contribution >= 4 is 17.7 Å². The molecule has 0 aromatic heterocycles. The zero-order valence-electron chi connectivity index (χ0n) is 11.0. The van der Waals surface area contributed by atoms with Gasteiger partial charge in [-0.3, -0.25) is 4.79 Å². The summed E-state index contributed by atoms with van der Waals surface area (Å²) in [6.45, 7) is 6.77. The first kappa shape index (κ1) is 13.4. The van der Waals surface area contributed by atoms with Gasteiger partial charge < -0.3 is 10.2 Å². The van der Waals surface area contributed by atoms with Crippen molar-refractivity contribution in [3.63, 3.8) is 0 Å². The van der Waals surface area contributed by atoms with Gasteiger partial charge in [0.05, 0.1) is 5.75 Å². The number of amides is 1. The minimum atomic E-state index is 0.191. The number of aryl methyl sites for hydroxylation is 1. The molecule has 1 saturated heterocycles. The number of thioether (sulfide) groups is 1. The first-order chi connectivity index (χ1) is 8.72. The van der Waals surface area contributed by atoms with Gasteiger partial charge in [-0.15, -0.1) is 11.8 Å². The van der Waals surface area contributed by atoms with Crippen LogP contribution in [0.3, 0.4) is 0 Å². The summed E-state index contributed by atoms with van der Waals surface area (Å²) in [6, 6.07) is 8.49. The van der Waals surface area contributed by atoms with Crippen LogP contribution in [-0.4, -0.2) is 36.2 Å². The molecule has 1 heterocycles. The topological polar surface area (TPSA) is 32.3 Å². The first-order valence-corrected chi connectivity index (χ1v) is 7.45. The van der Waals surface area contributed by atoms with Gasteiger partial charge in [0, 0.05) is 13.1 Å². The molecule has 1 aromatic rings. The lowest BCUT2D eigenvalue weighted by Gasteiger charge is -2.24. The molecular formula is C14H20N2OS. The molecule has 1 aliphatic rings.